The summed E-state index contributed by atoms with van der Waals surface area (Å²) < 4.78 is 11.8. The molecule has 0 bridgehead atoms. The molecule has 1 amide bonds. The van der Waals surface area contributed by atoms with Gasteiger partial charge in [-0.2, -0.15) is 0 Å². The lowest BCUT2D eigenvalue weighted by molar-refractivity contribution is 0.0954. The largest absolute Gasteiger partial charge is 0.493 e. The van der Waals surface area contributed by atoms with Crippen LogP contribution in [0.5, 0.6) is 11.5 Å². The molecule has 8 heteroatoms. The average Bonchev–Trinajstić information content (AvgIpc) is 3.33. The molecular formula is C24H33IN4O3. The van der Waals surface area contributed by atoms with Crippen LogP contribution < -0.4 is 25.4 Å². The van der Waals surface area contributed by atoms with Crippen molar-refractivity contribution in [2.45, 2.75) is 38.3 Å². The maximum absolute atomic E-state index is 12.1. The number of hydrogen-bond donors (Lipinski definition) is 3. The van der Waals surface area contributed by atoms with E-state index in [9.17, 15) is 4.79 Å². The number of nitrogens with one attached hydrogen (secondary N) is 3. The van der Waals surface area contributed by atoms with E-state index in [0.29, 0.717) is 31.2 Å². The zero-order valence-corrected chi connectivity index (χ0v) is 21.1. The third kappa shape index (κ3) is 7.58. The Hall–Kier alpha value is -2.49. The maximum atomic E-state index is 12.1. The summed E-state index contributed by atoms with van der Waals surface area (Å²) in [5.74, 6) is 2.12. The van der Waals surface area contributed by atoms with Crippen molar-refractivity contribution in [1.29, 1.82) is 0 Å². The van der Waals surface area contributed by atoms with Gasteiger partial charge in [-0.25, -0.2) is 0 Å². The molecule has 0 aromatic heterocycles. The first-order valence-electron chi connectivity index (χ1n) is 10.8. The second kappa shape index (κ2) is 13.8. The third-order valence-electron chi connectivity index (χ3n) is 5.28. The minimum absolute atomic E-state index is 0. The van der Waals surface area contributed by atoms with Gasteiger partial charge in [0.2, 0.25) is 0 Å². The van der Waals surface area contributed by atoms with Crippen molar-refractivity contribution in [3.8, 4) is 11.5 Å². The van der Waals surface area contributed by atoms with Crippen LogP contribution in [0.4, 0.5) is 0 Å². The number of para-hydroxylation sites is 1. The van der Waals surface area contributed by atoms with Gasteiger partial charge in [-0.05, 0) is 43.9 Å². The number of methoxy groups -OCH3 is 1. The Morgan fingerprint density at radius 2 is 1.72 bits per heavy atom. The van der Waals surface area contributed by atoms with Crippen LogP contribution in [0.3, 0.4) is 0 Å². The van der Waals surface area contributed by atoms with Crippen molar-refractivity contribution in [2.24, 2.45) is 4.99 Å². The predicted octanol–water partition coefficient (Wildman–Crippen LogP) is 3.73. The summed E-state index contributed by atoms with van der Waals surface area (Å²) in [6, 6.07) is 15.1. The smallest absolute Gasteiger partial charge is 0.251 e. The Kier molecular flexibility index (Phi) is 11.1. The fourth-order valence-electron chi connectivity index (χ4n) is 3.62. The molecule has 0 saturated heterocycles. The number of guanidine groups is 1. The highest BCUT2D eigenvalue weighted by molar-refractivity contribution is 14.0. The minimum atomic E-state index is -0.0876. The Morgan fingerprint density at radius 3 is 2.41 bits per heavy atom. The Labute approximate surface area is 207 Å². The average molecular weight is 552 g/mol. The normalized spacial score (nSPS) is 13.8. The van der Waals surface area contributed by atoms with Crippen molar-refractivity contribution < 1.29 is 14.3 Å². The molecule has 0 radical (unpaired) electrons. The van der Waals surface area contributed by atoms with E-state index in [1.54, 1.807) is 26.3 Å². The quantitative estimate of drug-likeness (QED) is 0.191. The summed E-state index contributed by atoms with van der Waals surface area (Å²) in [6.45, 7) is 1.60. The zero-order valence-electron chi connectivity index (χ0n) is 18.7. The topological polar surface area (TPSA) is 84.0 Å². The van der Waals surface area contributed by atoms with Crippen LogP contribution in [0, 0.1) is 0 Å². The van der Waals surface area contributed by atoms with E-state index in [-0.39, 0.29) is 36.0 Å². The first kappa shape index (κ1) is 25.8. The van der Waals surface area contributed by atoms with Crippen LogP contribution in [0.2, 0.25) is 0 Å². The zero-order chi connectivity index (χ0) is 21.9. The molecule has 2 aromatic rings. The number of ether oxygens (including phenoxy) is 2. The molecule has 32 heavy (non-hydrogen) atoms. The molecule has 3 N–H and O–H groups in total. The fraction of sp³-hybridized carbons (Fsp3) is 0.417. The molecule has 7 nitrogen and oxygen atoms in total. The van der Waals surface area contributed by atoms with E-state index in [4.69, 9.17) is 9.47 Å². The highest BCUT2D eigenvalue weighted by Gasteiger charge is 2.20. The first-order valence-corrected chi connectivity index (χ1v) is 10.8. The molecule has 2 aromatic carbocycles. The van der Waals surface area contributed by atoms with E-state index in [0.717, 1.165) is 29.9 Å². The van der Waals surface area contributed by atoms with Gasteiger partial charge < -0.3 is 25.4 Å². The number of nitrogens with zero attached hydrogens (tertiary/aromatic N) is 1. The van der Waals surface area contributed by atoms with Crippen LogP contribution in [-0.4, -0.2) is 45.2 Å². The predicted molar refractivity (Wildman–Crippen MR) is 138 cm³/mol. The first-order chi connectivity index (χ1) is 15.2. The van der Waals surface area contributed by atoms with Gasteiger partial charge >= 0.3 is 0 Å². The second-order valence-electron chi connectivity index (χ2n) is 7.45. The number of benzene rings is 2. The summed E-state index contributed by atoms with van der Waals surface area (Å²) in [5.41, 5.74) is 1.67. The molecule has 1 aliphatic carbocycles. The number of rotatable bonds is 9. The van der Waals surface area contributed by atoms with Crippen molar-refractivity contribution in [2.75, 3.05) is 27.2 Å². The van der Waals surface area contributed by atoms with E-state index in [2.05, 4.69) is 20.9 Å². The molecule has 0 aliphatic heterocycles. The van der Waals surface area contributed by atoms with E-state index in [1.807, 2.05) is 36.4 Å². The van der Waals surface area contributed by atoms with Gasteiger partial charge in [0.25, 0.3) is 5.91 Å². The van der Waals surface area contributed by atoms with E-state index >= 15 is 0 Å². The standard InChI is InChI=1S/C24H32N4O3.HI/c1-25-24(27-16-15-26-23(29)18-9-4-3-5-10-18)28-17-19-11-8-14-21(30-2)22(19)31-20-12-6-7-13-20;/h3-5,8-11,14,20H,6-7,12-13,15-17H2,1-2H3,(H,26,29)(H2,25,27,28);1H. The van der Waals surface area contributed by atoms with Gasteiger partial charge in [0.1, 0.15) is 0 Å². The van der Waals surface area contributed by atoms with E-state index in [1.165, 1.54) is 12.8 Å². The fourth-order valence-corrected chi connectivity index (χ4v) is 3.62. The number of carbonyl (C=O) groups is 1. The Bertz CT molecular complexity index is 871. The molecular weight excluding hydrogens is 519 g/mol. The molecule has 174 valence electrons. The lowest BCUT2D eigenvalue weighted by Crippen LogP contribution is -2.41. The van der Waals surface area contributed by atoms with Gasteiger partial charge in [-0.15, -0.1) is 24.0 Å². The van der Waals surface area contributed by atoms with Gasteiger partial charge in [-0.3, -0.25) is 9.79 Å². The van der Waals surface area contributed by atoms with Gasteiger partial charge in [0.05, 0.1) is 13.2 Å². The van der Waals surface area contributed by atoms with Crippen molar-refractivity contribution in [1.82, 2.24) is 16.0 Å². The molecule has 0 atom stereocenters. The molecule has 0 heterocycles. The molecule has 3 rings (SSSR count). The van der Waals surface area contributed by atoms with Crippen molar-refractivity contribution >= 4 is 35.8 Å². The summed E-state index contributed by atoms with van der Waals surface area (Å²) in [4.78, 5) is 16.4. The van der Waals surface area contributed by atoms with Crippen LogP contribution in [0.25, 0.3) is 0 Å². The monoisotopic (exact) mass is 552 g/mol. The number of hydrogen-bond acceptors (Lipinski definition) is 4. The number of carbonyl (C=O) groups excluding carboxylic acids is 1. The maximum Gasteiger partial charge on any atom is 0.251 e. The summed E-state index contributed by atoms with van der Waals surface area (Å²) in [7, 11) is 3.39. The van der Waals surface area contributed by atoms with Crippen LogP contribution in [-0.2, 0) is 6.54 Å². The molecule has 0 unspecified atom stereocenters. The van der Waals surface area contributed by atoms with Gasteiger partial charge in [-0.1, -0.05) is 30.3 Å². The van der Waals surface area contributed by atoms with Crippen molar-refractivity contribution in [3.63, 3.8) is 0 Å². The summed E-state index contributed by atoms with van der Waals surface area (Å²) in [5, 5.41) is 9.43. The van der Waals surface area contributed by atoms with Crippen LogP contribution in [0.15, 0.2) is 53.5 Å². The lowest BCUT2D eigenvalue weighted by atomic mass is 10.1. The summed E-state index contributed by atoms with van der Waals surface area (Å²) in [6.07, 6.45) is 4.85. The van der Waals surface area contributed by atoms with Gasteiger partial charge in [0, 0.05) is 37.8 Å². The minimum Gasteiger partial charge on any atom is -0.493 e. The Morgan fingerprint density at radius 1 is 1.00 bits per heavy atom. The van der Waals surface area contributed by atoms with Crippen molar-refractivity contribution in [3.05, 3.63) is 59.7 Å². The van der Waals surface area contributed by atoms with Crippen LogP contribution >= 0.6 is 24.0 Å². The number of halogens is 1. The molecule has 1 fully saturated rings. The SMILES string of the molecule is CN=C(NCCNC(=O)c1ccccc1)NCc1cccc(OC)c1OC1CCCC1.I. The van der Waals surface area contributed by atoms with Crippen LogP contribution in [0.1, 0.15) is 41.6 Å². The number of aliphatic imine (C=N–C) groups is 1. The lowest BCUT2D eigenvalue weighted by Gasteiger charge is -2.20. The summed E-state index contributed by atoms with van der Waals surface area (Å²) >= 11 is 0. The highest BCUT2D eigenvalue weighted by atomic mass is 127. The molecule has 1 aliphatic rings. The number of amides is 1. The molecule has 1 saturated carbocycles. The van der Waals surface area contributed by atoms with E-state index < -0.39 is 0 Å². The Balaban J connectivity index is 0.00000363. The third-order valence-corrected chi connectivity index (χ3v) is 5.28. The van der Waals surface area contributed by atoms with Gasteiger partial charge in [0.15, 0.2) is 17.5 Å². The molecule has 0 spiro atoms. The second-order valence-corrected chi connectivity index (χ2v) is 7.45. The highest BCUT2D eigenvalue weighted by Crippen LogP contribution is 2.34.